The van der Waals surface area contributed by atoms with Gasteiger partial charge in [-0.25, -0.2) is 0 Å². The van der Waals surface area contributed by atoms with Crippen molar-refractivity contribution in [2.24, 2.45) is 20.5 Å². The van der Waals surface area contributed by atoms with Gasteiger partial charge in [0, 0.05) is 36.7 Å². The van der Waals surface area contributed by atoms with Gasteiger partial charge >= 0.3 is 0 Å². The molecule has 4 rings (SSSR count). The summed E-state index contributed by atoms with van der Waals surface area (Å²) in [6.07, 6.45) is 6.28. The van der Waals surface area contributed by atoms with Gasteiger partial charge in [0.1, 0.15) is 0 Å². The summed E-state index contributed by atoms with van der Waals surface area (Å²) in [4.78, 5) is 25.0. The normalized spacial score (nSPS) is 12.0. The molecule has 2 amide bonds. The molecule has 0 fully saturated rings. The highest BCUT2D eigenvalue weighted by Gasteiger charge is 2.18. The maximum absolute atomic E-state index is 12.5. The van der Waals surface area contributed by atoms with Crippen LogP contribution < -0.4 is 0 Å². The largest absolute Gasteiger partial charge is 0.493 e. The van der Waals surface area contributed by atoms with E-state index in [0.29, 0.717) is 13.1 Å². The minimum atomic E-state index is -0.494. The molecule has 0 spiro atoms. The van der Waals surface area contributed by atoms with Crippen molar-refractivity contribution in [1.29, 1.82) is 0 Å². The van der Waals surface area contributed by atoms with E-state index in [9.17, 15) is 19.8 Å². The van der Waals surface area contributed by atoms with E-state index in [2.05, 4.69) is 34.3 Å². The van der Waals surface area contributed by atoms with Crippen LogP contribution in [0.2, 0.25) is 0 Å². The summed E-state index contributed by atoms with van der Waals surface area (Å²) in [6.45, 7) is 9.46. The number of fused-ring (bicyclic) bond motifs is 2. The van der Waals surface area contributed by atoms with Crippen LogP contribution in [0.4, 0.5) is 11.4 Å². The van der Waals surface area contributed by atoms with Crippen molar-refractivity contribution < 1.29 is 19.8 Å². The van der Waals surface area contributed by atoms with Crippen LogP contribution in [0.15, 0.2) is 56.9 Å². The highest BCUT2D eigenvalue weighted by atomic mass is 16.3. The minimum Gasteiger partial charge on any atom is -0.493 e. The van der Waals surface area contributed by atoms with Crippen molar-refractivity contribution in [1.82, 2.24) is 9.13 Å². The molecule has 0 saturated carbocycles. The van der Waals surface area contributed by atoms with Gasteiger partial charge in [-0.1, -0.05) is 62.8 Å². The number of aromatic hydroxyl groups is 2. The number of aromatic nitrogens is 2. The molecule has 10 heteroatoms. The molecule has 0 saturated heterocycles. The number of aryl methyl sites for hydroxylation is 4. The third-order valence-corrected chi connectivity index (χ3v) is 7.61. The van der Waals surface area contributed by atoms with Crippen molar-refractivity contribution in [3.05, 3.63) is 47.5 Å². The quantitative estimate of drug-likeness (QED) is 0.113. The Balaban J connectivity index is 1.39. The first-order valence-electron chi connectivity index (χ1n) is 15.3. The fourth-order valence-corrected chi connectivity index (χ4v) is 5.27. The van der Waals surface area contributed by atoms with E-state index in [1.807, 2.05) is 59.4 Å². The van der Waals surface area contributed by atoms with Crippen LogP contribution >= 0.6 is 0 Å². The summed E-state index contributed by atoms with van der Waals surface area (Å²) in [6, 6.07) is 11.7. The van der Waals surface area contributed by atoms with E-state index in [0.717, 1.165) is 71.5 Å². The molecule has 0 atom stereocenters. The summed E-state index contributed by atoms with van der Waals surface area (Å²) in [5.74, 6) is -0.998. The van der Waals surface area contributed by atoms with Gasteiger partial charge in [-0.05, 0) is 57.4 Å². The topological polar surface area (TPSA) is 134 Å². The maximum atomic E-state index is 12.5. The molecule has 2 N–H and O–H groups in total. The smallest absolute Gasteiger partial charge is 0.264 e. The van der Waals surface area contributed by atoms with Gasteiger partial charge in [-0.15, -0.1) is 20.5 Å². The zero-order valence-corrected chi connectivity index (χ0v) is 25.6. The van der Waals surface area contributed by atoms with Crippen molar-refractivity contribution >= 4 is 45.0 Å². The Hall–Kier alpha value is -4.34. The van der Waals surface area contributed by atoms with Crippen LogP contribution in [0.25, 0.3) is 21.8 Å². The van der Waals surface area contributed by atoms with E-state index in [-0.39, 0.29) is 42.4 Å². The second kappa shape index (κ2) is 14.7. The van der Waals surface area contributed by atoms with Crippen LogP contribution in [0.5, 0.6) is 11.8 Å². The van der Waals surface area contributed by atoms with E-state index < -0.39 is 11.8 Å². The molecular formula is C33H42N6O4. The number of amides is 2. The lowest BCUT2D eigenvalue weighted by atomic mass is 10.1. The Morgan fingerprint density at radius 1 is 0.651 bits per heavy atom. The monoisotopic (exact) mass is 586 g/mol. The fourth-order valence-electron chi connectivity index (χ4n) is 5.27. The predicted octanol–water partition coefficient (Wildman–Crippen LogP) is 9.10. The lowest BCUT2D eigenvalue weighted by Crippen LogP contribution is -1.97. The average molecular weight is 587 g/mol. The molecule has 0 bridgehead atoms. The maximum Gasteiger partial charge on any atom is 0.264 e. The molecule has 228 valence electrons. The lowest BCUT2D eigenvalue weighted by molar-refractivity contribution is -0.119. The standard InChI is InChI=1S/C33H42N6O4/c1-5-7-9-18-38-26-16-14-22(3)20-24(26)30(32(38)42)36-34-28(40)12-11-13-29(41)35-37-31-25-21-23(4)15-17-27(25)39(33(31)43)19-10-8-6-2/h14-17,20-21,42-43H,5-13,18-19H2,1-4H3. The van der Waals surface area contributed by atoms with Crippen LogP contribution in [0, 0.1) is 13.8 Å². The Bertz CT molecular complexity index is 1540. The Morgan fingerprint density at radius 3 is 1.47 bits per heavy atom. The van der Waals surface area contributed by atoms with Gasteiger partial charge in [-0.2, -0.15) is 0 Å². The molecule has 0 radical (unpaired) electrons. The molecule has 0 aliphatic heterocycles. The van der Waals surface area contributed by atoms with Gasteiger partial charge in [0.05, 0.1) is 11.0 Å². The zero-order chi connectivity index (χ0) is 30.9. The molecule has 0 unspecified atom stereocenters. The van der Waals surface area contributed by atoms with Gasteiger partial charge in [0.2, 0.25) is 11.8 Å². The highest BCUT2D eigenvalue weighted by Crippen LogP contribution is 2.41. The molecule has 4 aromatic rings. The average Bonchev–Trinajstić information content (AvgIpc) is 3.39. The van der Waals surface area contributed by atoms with E-state index >= 15 is 0 Å². The second-order valence-electron chi connectivity index (χ2n) is 11.1. The zero-order valence-electron chi connectivity index (χ0n) is 25.6. The van der Waals surface area contributed by atoms with Gasteiger partial charge < -0.3 is 19.3 Å². The van der Waals surface area contributed by atoms with Gasteiger partial charge in [0.25, 0.3) is 11.8 Å². The summed E-state index contributed by atoms with van der Waals surface area (Å²) >= 11 is 0. The molecule has 2 aromatic carbocycles. The first-order chi connectivity index (χ1) is 20.7. The lowest BCUT2D eigenvalue weighted by Gasteiger charge is -2.06. The molecular weight excluding hydrogens is 544 g/mol. The molecule has 10 nitrogen and oxygen atoms in total. The molecule has 2 aromatic heterocycles. The van der Waals surface area contributed by atoms with Crippen LogP contribution in [-0.2, 0) is 22.7 Å². The van der Waals surface area contributed by atoms with Crippen molar-refractivity contribution in [2.45, 2.75) is 98.6 Å². The van der Waals surface area contributed by atoms with Crippen molar-refractivity contribution in [3.8, 4) is 11.8 Å². The number of hydrogen-bond donors (Lipinski definition) is 2. The molecule has 0 aliphatic rings. The number of carbonyl (C=O) groups excluding carboxylic acids is 2. The molecule has 2 heterocycles. The summed E-state index contributed by atoms with van der Waals surface area (Å²) in [5.41, 5.74) is 4.27. The van der Waals surface area contributed by atoms with Gasteiger partial charge in [0.15, 0.2) is 11.4 Å². The van der Waals surface area contributed by atoms with Crippen molar-refractivity contribution in [3.63, 3.8) is 0 Å². The number of rotatable bonds is 14. The summed E-state index contributed by atoms with van der Waals surface area (Å²) in [5, 5.41) is 39.2. The third-order valence-electron chi connectivity index (χ3n) is 7.61. The number of benzene rings is 2. The van der Waals surface area contributed by atoms with Crippen LogP contribution in [0.1, 0.15) is 82.8 Å². The first kappa shape index (κ1) is 31.6. The van der Waals surface area contributed by atoms with Crippen molar-refractivity contribution in [2.75, 3.05) is 0 Å². The summed E-state index contributed by atoms with van der Waals surface area (Å²) < 4.78 is 3.63. The first-order valence-corrected chi connectivity index (χ1v) is 15.3. The van der Waals surface area contributed by atoms with Gasteiger partial charge in [-0.3, -0.25) is 9.59 Å². The third kappa shape index (κ3) is 7.55. The Morgan fingerprint density at radius 2 is 1.07 bits per heavy atom. The molecule has 43 heavy (non-hydrogen) atoms. The van der Waals surface area contributed by atoms with E-state index in [1.165, 1.54) is 0 Å². The van der Waals surface area contributed by atoms with Crippen LogP contribution in [0.3, 0.4) is 0 Å². The highest BCUT2D eigenvalue weighted by molar-refractivity contribution is 5.96. The Labute approximate surface area is 252 Å². The number of unbranched alkanes of at least 4 members (excludes halogenated alkanes) is 4. The summed E-state index contributed by atoms with van der Waals surface area (Å²) in [7, 11) is 0. The number of azo groups is 2. The predicted molar refractivity (Wildman–Crippen MR) is 169 cm³/mol. The van der Waals surface area contributed by atoms with E-state index in [4.69, 9.17) is 0 Å². The Kier molecular flexibility index (Phi) is 10.8. The molecule has 0 aliphatic carbocycles. The fraction of sp³-hybridized carbons (Fsp3) is 0.455. The SMILES string of the molecule is CCCCCn1c(O)c(N=NC(=O)CCCC(=O)N=Nc2c(O)n(CCCCC)c3ccc(C)cc23)c2cc(C)ccc21. The second-order valence-corrected chi connectivity index (χ2v) is 11.1. The number of hydrogen-bond acceptors (Lipinski definition) is 6. The minimum absolute atomic E-state index is 0.000865. The van der Waals surface area contributed by atoms with E-state index in [1.54, 1.807) is 0 Å². The number of carbonyl (C=O) groups is 2. The number of nitrogens with zero attached hydrogens (tertiary/aromatic N) is 6. The van der Waals surface area contributed by atoms with Crippen LogP contribution in [-0.4, -0.2) is 31.2 Å².